The van der Waals surface area contributed by atoms with Gasteiger partial charge < -0.3 is 16.0 Å². The largest absolute Gasteiger partial charge is 0.383 e. The number of aromatic nitrogens is 3. The molecule has 0 aromatic carbocycles. The summed E-state index contributed by atoms with van der Waals surface area (Å²) in [7, 11) is -3.43. The van der Waals surface area contributed by atoms with E-state index < -0.39 is 10.0 Å². The number of hydrogen-bond acceptors (Lipinski definition) is 9. The summed E-state index contributed by atoms with van der Waals surface area (Å²) < 4.78 is 26.6. The molecule has 4 N–H and O–H groups in total. The van der Waals surface area contributed by atoms with E-state index in [1.807, 2.05) is 6.07 Å². The second-order valence-corrected chi connectivity index (χ2v) is 8.73. The highest BCUT2D eigenvalue weighted by Gasteiger charge is 2.16. The van der Waals surface area contributed by atoms with Gasteiger partial charge in [-0.25, -0.2) is 23.4 Å². The third-order valence-electron chi connectivity index (χ3n) is 4.61. The molecule has 0 bridgehead atoms. The van der Waals surface area contributed by atoms with Crippen molar-refractivity contribution in [3.05, 3.63) is 30.4 Å². The topological polar surface area (TPSA) is 145 Å². The number of nitrogens with one attached hydrogen (secondary N) is 4. The van der Waals surface area contributed by atoms with Gasteiger partial charge >= 0.3 is 0 Å². The van der Waals surface area contributed by atoms with Crippen LogP contribution in [0.2, 0.25) is 0 Å². The fourth-order valence-corrected chi connectivity index (χ4v) is 3.55. The molecule has 154 valence electrons. The summed E-state index contributed by atoms with van der Waals surface area (Å²) >= 11 is 0. The van der Waals surface area contributed by atoms with E-state index >= 15 is 0 Å². The summed E-state index contributed by atoms with van der Waals surface area (Å²) in [5, 5.41) is 18.5. The zero-order valence-corrected chi connectivity index (χ0v) is 17.0. The molecule has 3 rings (SSSR count). The standard InChI is InChI=1S/C18H24N8O2S/c1-2-29(27,28)26-16-11-24-17(25-18-12-21-14(8-19)10-23-18)7-15(16)22-9-13-3-5-20-6-4-13/h7,10-13,20,26H,2-6,9H2,1H3,(H2,22,23,24,25). The van der Waals surface area contributed by atoms with Crippen LogP contribution in [0, 0.1) is 17.2 Å². The van der Waals surface area contributed by atoms with Gasteiger partial charge in [0.1, 0.15) is 17.7 Å². The Morgan fingerprint density at radius 1 is 1.14 bits per heavy atom. The number of pyridine rings is 1. The van der Waals surface area contributed by atoms with Crippen LogP contribution in [0.4, 0.5) is 23.0 Å². The molecular weight excluding hydrogens is 392 g/mol. The molecule has 0 saturated carbocycles. The molecule has 11 heteroatoms. The third kappa shape index (κ3) is 6.00. The first kappa shape index (κ1) is 20.8. The molecular formula is C18H24N8O2S. The van der Waals surface area contributed by atoms with Crippen molar-refractivity contribution in [3.8, 4) is 6.07 Å². The van der Waals surface area contributed by atoms with Crippen molar-refractivity contribution in [2.75, 3.05) is 40.7 Å². The summed E-state index contributed by atoms with van der Waals surface area (Å²) in [5.41, 5.74) is 1.26. The molecule has 0 radical (unpaired) electrons. The molecule has 29 heavy (non-hydrogen) atoms. The second-order valence-electron chi connectivity index (χ2n) is 6.72. The maximum Gasteiger partial charge on any atom is 0.232 e. The summed E-state index contributed by atoms with van der Waals surface area (Å²) in [5.74, 6) is 1.40. The minimum absolute atomic E-state index is 0.0262. The first-order chi connectivity index (χ1) is 14.0. The zero-order valence-electron chi connectivity index (χ0n) is 16.1. The number of sulfonamides is 1. The molecule has 0 aliphatic carbocycles. The summed E-state index contributed by atoms with van der Waals surface area (Å²) in [6.45, 7) is 4.30. The SMILES string of the molecule is CCS(=O)(=O)Nc1cnc(Nc2cnc(C#N)cn2)cc1NCC1CCNCC1. The molecule has 1 saturated heterocycles. The summed E-state index contributed by atoms with van der Waals surface area (Å²) in [6.07, 6.45) is 6.41. The maximum absolute atomic E-state index is 12.0. The van der Waals surface area contributed by atoms with Gasteiger partial charge in [0.15, 0.2) is 5.69 Å². The number of nitrogens with zero attached hydrogens (tertiary/aromatic N) is 4. The Morgan fingerprint density at radius 3 is 2.55 bits per heavy atom. The van der Waals surface area contributed by atoms with E-state index in [4.69, 9.17) is 5.26 Å². The van der Waals surface area contributed by atoms with Gasteiger partial charge in [-0.15, -0.1) is 0 Å². The van der Waals surface area contributed by atoms with Crippen LogP contribution >= 0.6 is 0 Å². The van der Waals surface area contributed by atoms with Gasteiger partial charge in [-0.2, -0.15) is 5.26 Å². The summed E-state index contributed by atoms with van der Waals surface area (Å²) in [4.78, 5) is 12.3. The lowest BCUT2D eigenvalue weighted by atomic mass is 9.98. The molecule has 1 aliphatic rings. The van der Waals surface area contributed by atoms with Crippen molar-refractivity contribution in [3.63, 3.8) is 0 Å². The lowest BCUT2D eigenvalue weighted by Gasteiger charge is -2.24. The summed E-state index contributed by atoms with van der Waals surface area (Å²) in [6, 6.07) is 3.64. The molecule has 0 atom stereocenters. The van der Waals surface area contributed by atoms with Gasteiger partial charge in [-0.1, -0.05) is 0 Å². The average Bonchev–Trinajstić information content (AvgIpc) is 2.75. The fourth-order valence-electron chi connectivity index (χ4n) is 2.91. The molecule has 0 spiro atoms. The van der Waals surface area contributed by atoms with Crippen LogP contribution in [-0.4, -0.2) is 48.8 Å². The van der Waals surface area contributed by atoms with E-state index in [9.17, 15) is 8.42 Å². The highest BCUT2D eigenvalue weighted by Crippen LogP contribution is 2.27. The van der Waals surface area contributed by atoms with E-state index in [0.717, 1.165) is 32.5 Å². The Morgan fingerprint density at radius 2 is 1.90 bits per heavy atom. The van der Waals surface area contributed by atoms with Crippen molar-refractivity contribution in [2.45, 2.75) is 19.8 Å². The second kappa shape index (κ2) is 9.49. The van der Waals surface area contributed by atoms with E-state index in [1.54, 1.807) is 13.0 Å². The van der Waals surface area contributed by atoms with Gasteiger partial charge in [0.05, 0.1) is 35.7 Å². The molecule has 3 heterocycles. The molecule has 10 nitrogen and oxygen atoms in total. The van der Waals surface area contributed by atoms with Gasteiger partial charge in [-0.3, -0.25) is 4.72 Å². The van der Waals surface area contributed by atoms with Crippen LogP contribution in [0.1, 0.15) is 25.5 Å². The van der Waals surface area contributed by atoms with Crippen molar-refractivity contribution in [2.24, 2.45) is 5.92 Å². The molecule has 2 aromatic heterocycles. The van der Waals surface area contributed by atoms with Crippen LogP contribution in [0.3, 0.4) is 0 Å². The molecule has 2 aromatic rings. The lowest BCUT2D eigenvalue weighted by molar-refractivity contribution is 0.390. The van der Waals surface area contributed by atoms with Gasteiger partial charge in [0.2, 0.25) is 10.0 Å². The highest BCUT2D eigenvalue weighted by atomic mass is 32.2. The van der Waals surface area contributed by atoms with Crippen molar-refractivity contribution >= 4 is 33.0 Å². The third-order valence-corrected chi connectivity index (χ3v) is 5.90. The van der Waals surface area contributed by atoms with E-state index in [2.05, 4.69) is 35.6 Å². The van der Waals surface area contributed by atoms with Crippen LogP contribution in [-0.2, 0) is 10.0 Å². The smallest absolute Gasteiger partial charge is 0.232 e. The van der Waals surface area contributed by atoms with Gasteiger partial charge in [-0.05, 0) is 38.8 Å². The Bertz CT molecular complexity index is 966. The fraction of sp³-hybridized carbons (Fsp3) is 0.444. The maximum atomic E-state index is 12.0. The molecule has 1 aliphatic heterocycles. The Hall–Kier alpha value is -2.97. The first-order valence-electron chi connectivity index (χ1n) is 9.43. The van der Waals surface area contributed by atoms with E-state index in [1.165, 1.54) is 18.6 Å². The Balaban J connectivity index is 1.79. The first-order valence-corrected chi connectivity index (χ1v) is 11.1. The minimum atomic E-state index is -3.43. The monoisotopic (exact) mass is 416 g/mol. The van der Waals surface area contributed by atoms with Gasteiger partial charge in [0, 0.05) is 12.6 Å². The predicted molar refractivity (Wildman–Crippen MR) is 111 cm³/mol. The lowest BCUT2D eigenvalue weighted by Crippen LogP contribution is -2.31. The average molecular weight is 417 g/mol. The number of nitriles is 1. The number of rotatable bonds is 8. The quantitative estimate of drug-likeness (QED) is 0.505. The molecule has 1 fully saturated rings. The van der Waals surface area contributed by atoms with Crippen molar-refractivity contribution < 1.29 is 8.42 Å². The normalized spacial score (nSPS) is 14.8. The molecule has 0 amide bonds. The molecule has 0 unspecified atom stereocenters. The van der Waals surface area contributed by atoms with Crippen LogP contribution in [0.15, 0.2) is 24.7 Å². The van der Waals surface area contributed by atoms with E-state index in [0.29, 0.717) is 28.9 Å². The van der Waals surface area contributed by atoms with Crippen LogP contribution in [0.5, 0.6) is 0 Å². The van der Waals surface area contributed by atoms with Crippen molar-refractivity contribution in [1.29, 1.82) is 5.26 Å². The van der Waals surface area contributed by atoms with E-state index in [-0.39, 0.29) is 11.4 Å². The minimum Gasteiger partial charge on any atom is -0.383 e. The van der Waals surface area contributed by atoms with Crippen LogP contribution in [0.25, 0.3) is 0 Å². The van der Waals surface area contributed by atoms with Crippen molar-refractivity contribution in [1.82, 2.24) is 20.3 Å². The zero-order chi connectivity index (χ0) is 20.7. The van der Waals surface area contributed by atoms with Crippen LogP contribution < -0.4 is 20.7 Å². The highest BCUT2D eigenvalue weighted by molar-refractivity contribution is 7.92. The Kier molecular flexibility index (Phi) is 6.79. The van der Waals surface area contributed by atoms with Gasteiger partial charge in [0.25, 0.3) is 0 Å². The Labute approximate surface area is 170 Å². The number of anilines is 4. The predicted octanol–water partition coefficient (Wildman–Crippen LogP) is 1.66. The number of hydrogen-bond donors (Lipinski definition) is 4. The number of piperidine rings is 1.